The van der Waals surface area contributed by atoms with Gasteiger partial charge in [0.25, 0.3) is 5.91 Å². The van der Waals surface area contributed by atoms with Gasteiger partial charge in [-0.1, -0.05) is 20.3 Å². The van der Waals surface area contributed by atoms with Gasteiger partial charge in [0.2, 0.25) is 5.76 Å². The molecule has 0 unspecified atom stereocenters. The van der Waals surface area contributed by atoms with E-state index in [2.05, 4.69) is 10.3 Å². The zero-order chi connectivity index (χ0) is 13.0. The lowest BCUT2D eigenvalue weighted by atomic mass is 9.99. The van der Waals surface area contributed by atoms with E-state index >= 15 is 0 Å². The van der Waals surface area contributed by atoms with Crippen LogP contribution in [0.15, 0.2) is 10.8 Å². The lowest BCUT2D eigenvalue weighted by molar-refractivity contribution is -0.140. The molecule has 6 nitrogen and oxygen atoms in total. The summed E-state index contributed by atoms with van der Waals surface area (Å²) in [6, 6.07) is -0.919. The predicted octanol–water partition coefficient (Wildman–Crippen LogP) is 1.21. The van der Waals surface area contributed by atoms with E-state index in [0.717, 1.165) is 6.39 Å². The Kier molecular flexibility index (Phi) is 4.25. The van der Waals surface area contributed by atoms with Crippen molar-refractivity contribution in [1.82, 2.24) is 10.3 Å². The molecule has 6 heteroatoms. The number of carbonyl (C=O) groups excluding carboxylic acids is 1. The standard InChI is InChI=1S/C11H16N2O4/c1-4-6(2)8(11(15)16)13-10(14)9-7(3)12-5-17-9/h5-6,8H,4H2,1-3H3,(H,13,14)(H,15,16)/t6-,8-/m0/s1. The molecule has 0 saturated carbocycles. The van der Waals surface area contributed by atoms with E-state index in [9.17, 15) is 9.59 Å². The van der Waals surface area contributed by atoms with Crippen molar-refractivity contribution in [1.29, 1.82) is 0 Å². The van der Waals surface area contributed by atoms with E-state index < -0.39 is 17.9 Å². The van der Waals surface area contributed by atoms with Gasteiger partial charge in [0.1, 0.15) is 6.04 Å². The van der Waals surface area contributed by atoms with Crippen LogP contribution in [0, 0.1) is 12.8 Å². The third-order valence-electron chi connectivity index (χ3n) is 2.72. The second-order valence-electron chi connectivity index (χ2n) is 3.94. The normalized spacial score (nSPS) is 14.1. The smallest absolute Gasteiger partial charge is 0.326 e. The third-order valence-corrected chi connectivity index (χ3v) is 2.72. The van der Waals surface area contributed by atoms with Crippen LogP contribution in [0.2, 0.25) is 0 Å². The fraction of sp³-hybridized carbons (Fsp3) is 0.545. The minimum absolute atomic E-state index is 0.0551. The van der Waals surface area contributed by atoms with Gasteiger partial charge in [-0.3, -0.25) is 4.79 Å². The average molecular weight is 240 g/mol. The maximum absolute atomic E-state index is 11.8. The molecule has 0 aliphatic rings. The predicted molar refractivity (Wildman–Crippen MR) is 59.6 cm³/mol. The molecule has 0 aliphatic carbocycles. The molecule has 0 fully saturated rings. The number of hydrogen-bond acceptors (Lipinski definition) is 4. The molecule has 1 heterocycles. The van der Waals surface area contributed by atoms with Crippen LogP contribution in [0.4, 0.5) is 0 Å². The van der Waals surface area contributed by atoms with E-state index in [4.69, 9.17) is 9.52 Å². The summed E-state index contributed by atoms with van der Waals surface area (Å²) in [7, 11) is 0. The van der Waals surface area contributed by atoms with Crippen molar-refractivity contribution in [3.63, 3.8) is 0 Å². The first kappa shape index (κ1) is 13.2. The SMILES string of the molecule is CC[C@H](C)[C@H](NC(=O)c1ocnc1C)C(=O)O. The summed E-state index contributed by atoms with van der Waals surface area (Å²) < 4.78 is 4.90. The summed E-state index contributed by atoms with van der Waals surface area (Å²) in [6.45, 7) is 5.26. The molecule has 0 radical (unpaired) electrons. The van der Waals surface area contributed by atoms with Gasteiger partial charge in [0.05, 0.1) is 5.69 Å². The van der Waals surface area contributed by atoms with Gasteiger partial charge in [-0.15, -0.1) is 0 Å². The Labute approximate surface area is 99.0 Å². The molecule has 2 atom stereocenters. The number of carboxylic acid groups (broad SMARTS) is 1. The van der Waals surface area contributed by atoms with Crippen LogP contribution in [0.25, 0.3) is 0 Å². The van der Waals surface area contributed by atoms with Crippen LogP contribution in [0.1, 0.15) is 36.5 Å². The van der Waals surface area contributed by atoms with Crippen molar-refractivity contribution >= 4 is 11.9 Å². The fourth-order valence-corrected chi connectivity index (χ4v) is 1.41. The summed E-state index contributed by atoms with van der Waals surface area (Å²) in [5, 5.41) is 11.5. The molecule has 1 aromatic rings. The Hall–Kier alpha value is -1.85. The first-order valence-electron chi connectivity index (χ1n) is 5.41. The van der Waals surface area contributed by atoms with Crippen LogP contribution in [0.3, 0.4) is 0 Å². The lowest BCUT2D eigenvalue weighted by Crippen LogP contribution is -2.45. The molecule has 0 spiro atoms. The molecular formula is C11H16N2O4. The van der Waals surface area contributed by atoms with Crippen molar-refractivity contribution in [2.75, 3.05) is 0 Å². The number of oxazole rings is 1. The Balaban J connectivity index is 2.78. The number of rotatable bonds is 5. The number of carboxylic acids is 1. The highest BCUT2D eigenvalue weighted by Gasteiger charge is 2.27. The molecule has 1 aromatic heterocycles. The fourth-order valence-electron chi connectivity index (χ4n) is 1.41. The molecule has 1 rings (SSSR count). The van der Waals surface area contributed by atoms with Crippen LogP contribution in [0.5, 0.6) is 0 Å². The second-order valence-corrected chi connectivity index (χ2v) is 3.94. The minimum Gasteiger partial charge on any atom is -0.480 e. The molecule has 94 valence electrons. The highest BCUT2D eigenvalue weighted by atomic mass is 16.4. The monoisotopic (exact) mass is 240 g/mol. The van der Waals surface area contributed by atoms with Gasteiger partial charge in [-0.2, -0.15) is 0 Å². The van der Waals surface area contributed by atoms with E-state index in [1.807, 2.05) is 6.92 Å². The molecule has 1 amide bonds. The third kappa shape index (κ3) is 3.05. The number of nitrogens with zero attached hydrogens (tertiary/aromatic N) is 1. The van der Waals surface area contributed by atoms with Crippen LogP contribution < -0.4 is 5.32 Å². The van der Waals surface area contributed by atoms with Crippen molar-refractivity contribution in [2.45, 2.75) is 33.2 Å². The summed E-state index contributed by atoms with van der Waals surface area (Å²) >= 11 is 0. The largest absolute Gasteiger partial charge is 0.480 e. The van der Waals surface area contributed by atoms with E-state index in [0.29, 0.717) is 12.1 Å². The number of aromatic nitrogens is 1. The van der Waals surface area contributed by atoms with Crippen molar-refractivity contribution in [3.05, 3.63) is 17.8 Å². The maximum Gasteiger partial charge on any atom is 0.326 e. The highest BCUT2D eigenvalue weighted by Crippen LogP contribution is 2.10. The molecule has 2 N–H and O–H groups in total. The summed E-state index contributed by atoms with van der Waals surface area (Å²) in [6.07, 6.45) is 1.82. The Morgan fingerprint density at radius 2 is 2.24 bits per heavy atom. The molecule has 0 aliphatic heterocycles. The van der Waals surface area contributed by atoms with Crippen LogP contribution >= 0.6 is 0 Å². The van der Waals surface area contributed by atoms with Gasteiger partial charge in [0, 0.05) is 0 Å². The van der Waals surface area contributed by atoms with Crippen molar-refractivity contribution in [2.24, 2.45) is 5.92 Å². The second kappa shape index (κ2) is 5.47. The van der Waals surface area contributed by atoms with Gasteiger partial charge in [-0.25, -0.2) is 9.78 Å². The molecule has 0 saturated heterocycles. The van der Waals surface area contributed by atoms with Gasteiger partial charge in [0.15, 0.2) is 6.39 Å². The lowest BCUT2D eigenvalue weighted by Gasteiger charge is -2.19. The van der Waals surface area contributed by atoms with Crippen molar-refractivity contribution < 1.29 is 19.1 Å². The van der Waals surface area contributed by atoms with E-state index in [-0.39, 0.29) is 11.7 Å². The molecule has 17 heavy (non-hydrogen) atoms. The maximum atomic E-state index is 11.8. The van der Waals surface area contributed by atoms with Crippen LogP contribution in [-0.2, 0) is 4.79 Å². The minimum atomic E-state index is -1.05. The zero-order valence-corrected chi connectivity index (χ0v) is 10.1. The molecular weight excluding hydrogens is 224 g/mol. The highest BCUT2D eigenvalue weighted by molar-refractivity contribution is 5.95. The average Bonchev–Trinajstić information content (AvgIpc) is 2.70. The number of aryl methyl sites for hydroxylation is 1. The zero-order valence-electron chi connectivity index (χ0n) is 10.1. The number of hydrogen-bond donors (Lipinski definition) is 2. The van der Waals surface area contributed by atoms with E-state index in [1.54, 1.807) is 13.8 Å². The summed E-state index contributed by atoms with van der Waals surface area (Å²) in [5.74, 6) is -1.70. The van der Waals surface area contributed by atoms with Gasteiger partial charge < -0.3 is 14.8 Å². The number of carbonyl (C=O) groups is 2. The number of aliphatic carboxylic acids is 1. The topological polar surface area (TPSA) is 92.4 Å². The Bertz CT molecular complexity index is 413. The summed E-state index contributed by atoms with van der Waals surface area (Å²) in [4.78, 5) is 26.6. The van der Waals surface area contributed by atoms with Crippen LogP contribution in [-0.4, -0.2) is 28.0 Å². The molecule has 0 bridgehead atoms. The Morgan fingerprint density at radius 1 is 1.59 bits per heavy atom. The van der Waals surface area contributed by atoms with E-state index in [1.165, 1.54) is 0 Å². The van der Waals surface area contributed by atoms with Gasteiger partial charge >= 0.3 is 5.97 Å². The number of amides is 1. The first-order chi connectivity index (χ1) is 7.97. The quantitative estimate of drug-likeness (QED) is 0.807. The first-order valence-corrected chi connectivity index (χ1v) is 5.41. The summed E-state index contributed by atoms with van der Waals surface area (Å²) in [5.41, 5.74) is 0.441. The Morgan fingerprint density at radius 3 is 2.65 bits per heavy atom. The number of nitrogens with one attached hydrogen (secondary N) is 1. The molecule has 0 aromatic carbocycles. The van der Waals surface area contributed by atoms with Gasteiger partial charge in [-0.05, 0) is 12.8 Å². The van der Waals surface area contributed by atoms with Crippen molar-refractivity contribution in [3.8, 4) is 0 Å².